The lowest BCUT2D eigenvalue weighted by atomic mass is 10.1. The molecule has 2 aromatic rings. The summed E-state index contributed by atoms with van der Waals surface area (Å²) in [5, 5.41) is 23.8. The fourth-order valence-electron chi connectivity index (χ4n) is 2.05. The first kappa shape index (κ1) is 18.7. The van der Waals surface area contributed by atoms with Gasteiger partial charge in [-0.1, -0.05) is 11.6 Å². The second-order valence-electron chi connectivity index (χ2n) is 5.32. The molecule has 0 fully saturated rings. The maximum atomic E-state index is 12.0. The highest BCUT2D eigenvalue weighted by molar-refractivity contribution is 6.30. The van der Waals surface area contributed by atoms with E-state index in [1.165, 1.54) is 24.3 Å². The van der Waals surface area contributed by atoms with E-state index in [2.05, 4.69) is 5.32 Å². The molecule has 0 heterocycles. The van der Waals surface area contributed by atoms with Crippen LogP contribution >= 0.6 is 11.6 Å². The lowest BCUT2D eigenvalue weighted by Gasteiger charge is -2.17. The third-order valence-electron chi connectivity index (χ3n) is 3.45. The number of nitrogens with one attached hydrogen (secondary N) is 1. The molecule has 8 heteroatoms. The zero-order valence-corrected chi connectivity index (χ0v) is 14.1. The number of benzene rings is 2. The maximum absolute atomic E-state index is 12.0. The van der Waals surface area contributed by atoms with E-state index in [1.807, 2.05) is 0 Å². The number of aliphatic hydroxyl groups excluding tert-OH is 1. The summed E-state index contributed by atoms with van der Waals surface area (Å²) in [5.41, 5.74) is 0.405. The quantitative estimate of drug-likeness (QED) is 0.581. The fourth-order valence-corrected chi connectivity index (χ4v) is 2.17. The van der Waals surface area contributed by atoms with Crippen molar-refractivity contribution in [1.82, 2.24) is 5.32 Å². The Morgan fingerprint density at radius 2 is 1.84 bits per heavy atom. The predicted molar refractivity (Wildman–Crippen MR) is 92.6 cm³/mol. The zero-order valence-electron chi connectivity index (χ0n) is 13.4. The molecular formula is C17H17ClN2O5. The van der Waals surface area contributed by atoms with E-state index in [4.69, 9.17) is 16.3 Å². The summed E-state index contributed by atoms with van der Waals surface area (Å²) in [4.78, 5) is 22.1. The van der Waals surface area contributed by atoms with Crippen LogP contribution < -0.4 is 10.1 Å². The first-order valence-electron chi connectivity index (χ1n) is 7.49. The number of nitro groups is 1. The van der Waals surface area contributed by atoms with Crippen molar-refractivity contribution in [3.8, 4) is 5.75 Å². The molecule has 1 amide bonds. The highest BCUT2D eigenvalue weighted by atomic mass is 35.5. The normalized spacial score (nSPS) is 12.9. The van der Waals surface area contributed by atoms with Gasteiger partial charge >= 0.3 is 0 Å². The van der Waals surface area contributed by atoms with Gasteiger partial charge in [-0.25, -0.2) is 0 Å². The Bertz CT molecular complexity index is 734. The molecular weight excluding hydrogens is 348 g/mol. The smallest absolute Gasteiger partial charge is 0.269 e. The van der Waals surface area contributed by atoms with Crippen molar-refractivity contribution < 1.29 is 19.6 Å². The monoisotopic (exact) mass is 364 g/mol. The maximum Gasteiger partial charge on any atom is 0.269 e. The molecule has 2 atom stereocenters. The largest absolute Gasteiger partial charge is 0.481 e. The van der Waals surface area contributed by atoms with Crippen molar-refractivity contribution in [3.63, 3.8) is 0 Å². The van der Waals surface area contributed by atoms with Crippen LogP contribution in [-0.2, 0) is 4.79 Å². The molecule has 0 spiro atoms. The third-order valence-corrected chi connectivity index (χ3v) is 3.71. The molecule has 7 nitrogen and oxygen atoms in total. The van der Waals surface area contributed by atoms with Crippen molar-refractivity contribution in [1.29, 1.82) is 0 Å². The number of hydrogen-bond acceptors (Lipinski definition) is 5. The number of aliphatic hydroxyl groups is 1. The summed E-state index contributed by atoms with van der Waals surface area (Å²) in [7, 11) is 0. The van der Waals surface area contributed by atoms with Crippen molar-refractivity contribution >= 4 is 23.2 Å². The number of halogens is 1. The zero-order chi connectivity index (χ0) is 18.4. The molecule has 2 rings (SSSR count). The van der Waals surface area contributed by atoms with Gasteiger partial charge in [0.05, 0.1) is 11.0 Å². The molecule has 0 bridgehead atoms. The van der Waals surface area contributed by atoms with Crippen molar-refractivity contribution in [2.45, 2.75) is 19.1 Å². The first-order valence-corrected chi connectivity index (χ1v) is 7.87. The third kappa shape index (κ3) is 5.44. The summed E-state index contributed by atoms with van der Waals surface area (Å²) in [5.74, 6) is 0.110. The fraction of sp³-hybridized carbons (Fsp3) is 0.235. The summed E-state index contributed by atoms with van der Waals surface area (Å²) in [6.07, 6.45) is -1.74. The number of nitro benzene ring substituents is 1. The Balaban J connectivity index is 1.85. The van der Waals surface area contributed by atoms with E-state index in [0.717, 1.165) is 0 Å². The molecule has 0 radical (unpaired) electrons. The highest BCUT2D eigenvalue weighted by Crippen LogP contribution is 2.18. The van der Waals surface area contributed by atoms with Crippen molar-refractivity contribution in [3.05, 3.63) is 69.2 Å². The molecule has 0 aromatic heterocycles. The Hall–Kier alpha value is -2.64. The number of carbonyl (C=O) groups excluding carboxylic acids is 1. The van der Waals surface area contributed by atoms with Crippen LogP contribution in [0.1, 0.15) is 18.6 Å². The number of hydrogen-bond donors (Lipinski definition) is 2. The second-order valence-corrected chi connectivity index (χ2v) is 5.76. The number of ether oxygens (including phenoxy) is 1. The van der Waals surface area contributed by atoms with E-state index < -0.39 is 23.0 Å². The van der Waals surface area contributed by atoms with E-state index in [9.17, 15) is 20.0 Å². The number of carbonyl (C=O) groups is 1. The molecule has 0 aliphatic carbocycles. The van der Waals surface area contributed by atoms with E-state index in [1.54, 1.807) is 31.2 Å². The molecule has 2 aromatic carbocycles. The van der Waals surface area contributed by atoms with Crippen LogP contribution in [0.3, 0.4) is 0 Å². The average molecular weight is 365 g/mol. The molecule has 2 unspecified atom stereocenters. The molecule has 0 aliphatic rings. The minimum absolute atomic E-state index is 0.0367. The Morgan fingerprint density at radius 1 is 1.24 bits per heavy atom. The molecule has 0 saturated carbocycles. The summed E-state index contributed by atoms with van der Waals surface area (Å²) in [6.45, 7) is 1.55. The van der Waals surface area contributed by atoms with Crippen LogP contribution in [0.5, 0.6) is 5.75 Å². The second kappa shape index (κ2) is 8.46. The van der Waals surface area contributed by atoms with Crippen LogP contribution in [0.2, 0.25) is 5.02 Å². The Kier molecular flexibility index (Phi) is 6.32. The van der Waals surface area contributed by atoms with Crippen molar-refractivity contribution in [2.75, 3.05) is 6.54 Å². The average Bonchev–Trinajstić information content (AvgIpc) is 2.61. The van der Waals surface area contributed by atoms with Gasteiger partial charge in [-0.2, -0.15) is 0 Å². The van der Waals surface area contributed by atoms with Crippen LogP contribution in [0.25, 0.3) is 0 Å². The van der Waals surface area contributed by atoms with Gasteiger partial charge in [0.15, 0.2) is 6.10 Å². The van der Waals surface area contributed by atoms with Crippen LogP contribution in [0.15, 0.2) is 48.5 Å². The lowest BCUT2D eigenvalue weighted by Crippen LogP contribution is -2.38. The predicted octanol–water partition coefficient (Wildman–Crippen LogP) is 2.87. The van der Waals surface area contributed by atoms with Crippen LogP contribution in [0.4, 0.5) is 5.69 Å². The minimum Gasteiger partial charge on any atom is -0.481 e. The van der Waals surface area contributed by atoms with E-state index in [-0.39, 0.29) is 12.2 Å². The minimum atomic E-state index is -0.979. The van der Waals surface area contributed by atoms with Gasteiger partial charge in [0.25, 0.3) is 11.6 Å². The van der Waals surface area contributed by atoms with Crippen LogP contribution in [0, 0.1) is 10.1 Å². The summed E-state index contributed by atoms with van der Waals surface area (Å²) >= 11 is 5.78. The topological polar surface area (TPSA) is 102 Å². The SMILES string of the molecule is CC(Oc1ccc(Cl)cc1)C(=O)NCC(O)c1ccc([N+](=O)[O-])cc1. The standard InChI is InChI=1S/C17H17ClN2O5/c1-11(25-15-8-4-13(18)5-9-15)17(22)19-10-16(21)12-2-6-14(7-3-12)20(23)24/h2-9,11,16,21H,10H2,1H3,(H,19,22). The first-order chi connectivity index (χ1) is 11.9. The molecule has 0 aliphatic heterocycles. The van der Waals surface area contributed by atoms with E-state index >= 15 is 0 Å². The van der Waals surface area contributed by atoms with Gasteiger partial charge in [0.1, 0.15) is 5.75 Å². The van der Waals surface area contributed by atoms with Gasteiger partial charge < -0.3 is 15.2 Å². The molecule has 2 N–H and O–H groups in total. The summed E-state index contributed by atoms with van der Waals surface area (Å²) < 4.78 is 5.48. The Labute approximate surface area is 149 Å². The molecule has 25 heavy (non-hydrogen) atoms. The molecule has 0 saturated heterocycles. The van der Waals surface area contributed by atoms with Gasteiger partial charge in [-0.3, -0.25) is 14.9 Å². The van der Waals surface area contributed by atoms with Gasteiger partial charge in [-0.15, -0.1) is 0 Å². The number of amides is 1. The van der Waals surface area contributed by atoms with Gasteiger partial charge in [0.2, 0.25) is 0 Å². The van der Waals surface area contributed by atoms with Crippen molar-refractivity contribution in [2.24, 2.45) is 0 Å². The molecule has 132 valence electrons. The Morgan fingerprint density at radius 3 is 2.40 bits per heavy atom. The van der Waals surface area contributed by atoms with Gasteiger partial charge in [-0.05, 0) is 48.9 Å². The number of nitrogens with zero attached hydrogens (tertiary/aromatic N) is 1. The number of rotatable bonds is 7. The van der Waals surface area contributed by atoms with Gasteiger partial charge in [0, 0.05) is 23.7 Å². The lowest BCUT2D eigenvalue weighted by molar-refractivity contribution is -0.384. The summed E-state index contributed by atoms with van der Waals surface area (Å²) in [6, 6.07) is 12.1. The number of non-ortho nitro benzene ring substituents is 1. The van der Waals surface area contributed by atoms with E-state index in [0.29, 0.717) is 16.3 Å². The highest BCUT2D eigenvalue weighted by Gasteiger charge is 2.17. The van der Waals surface area contributed by atoms with Crippen LogP contribution in [-0.4, -0.2) is 28.6 Å².